The predicted octanol–water partition coefficient (Wildman–Crippen LogP) is 2.11. The molecule has 0 amide bonds. The van der Waals surface area contributed by atoms with Crippen LogP contribution in [0.5, 0.6) is 0 Å². The van der Waals surface area contributed by atoms with Crippen LogP contribution in [0.3, 0.4) is 0 Å². The van der Waals surface area contributed by atoms with E-state index in [1.165, 1.54) is 37.2 Å². The number of nitrogens with zero attached hydrogens (tertiary/aromatic N) is 2. The molecule has 19 heavy (non-hydrogen) atoms. The second-order valence-corrected chi connectivity index (χ2v) is 5.35. The van der Waals surface area contributed by atoms with Crippen molar-refractivity contribution in [3.63, 3.8) is 0 Å². The van der Waals surface area contributed by atoms with E-state index in [1.54, 1.807) is 0 Å². The van der Waals surface area contributed by atoms with Gasteiger partial charge in [0.25, 0.3) is 0 Å². The van der Waals surface area contributed by atoms with Gasteiger partial charge in [0.2, 0.25) is 0 Å². The van der Waals surface area contributed by atoms with Crippen molar-refractivity contribution in [3.05, 3.63) is 29.8 Å². The Bertz CT molecular complexity index is 370. The molecule has 1 saturated heterocycles. The molecule has 2 rings (SSSR count). The molecule has 1 aliphatic heterocycles. The fraction of sp³-hybridized carbons (Fsp3) is 0.625. The van der Waals surface area contributed by atoms with Gasteiger partial charge in [0, 0.05) is 31.9 Å². The van der Waals surface area contributed by atoms with Crippen LogP contribution >= 0.6 is 0 Å². The Hall–Kier alpha value is -1.06. The fourth-order valence-corrected chi connectivity index (χ4v) is 2.83. The number of benzene rings is 1. The summed E-state index contributed by atoms with van der Waals surface area (Å²) in [6.45, 7) is 8.83. The molecule has 0 aromatic heterocycles. The van der Waals surface area contributed by atoms with E-state index in [9.17, 15) is 0 Å². The van der Waals surface area contributed by atoms with Crippen molar-refractivity contribution < 1.29 is 0 Å². The van der Waals surface area contributed by atoms with E-state index >= 15 is 0 Å². The zero-order valence-corrected chi connectivity index (χ0v) is 12.1. The van der Waals surface area contributed by atoms with Crippen LogP contribution in [0.2, 0.25) is 0 Å². The molecule has 1 heterocycles. The minimum Gasteiger partial charge on any atom is -0.369 e. The number of piperazine rings is 1. The third-order valence-electron chi connectivity index (χ3n) is 3.90. The monoisotopic (exact) mass is 261 g/mol. The highest BCUT2D eigenvalue weighted by atomic mass is 15.3. The Morgan fingerprint density at radius 3 is 2.53 bits per heavy atom. The first-order valence-corrected chi connectivity index (χ1v) is 7.60. The van der Waals surface area contributed by atoms with Crippen molar-refractivity contribution in [2.45, 2.75) is 26.2 Å². The maximum Gasteiger partial charge on any atom is 0.0399 e. The molecule has 1 aromatic rings. The number of aryl methyl sites for hydroxylation is 1. The Kier molecular flexibility index (Phi) is 5.67. The lowest BCUT2D eigenvalue weighted by Crippen LogP contribution is -2.47. The van der Waals surface area contributed by atoms with Gasteiger partial charge in [-0.1, -0.05) is 31.5 Å². The standard InChI is InChI=1S/C16H27N3/c1-2-6-15-7-3-4-8-16(15)19-13-11-18(12-14-19)10-5-9-17/h3-4,7-8H,2,5-6,9-14,17H2,1H3. The molecule has 3 nitrogen and oxygen atoms in total. The molecule has 0 aliphatic carbocycles. The second kappa shape index (κ2) is 7.51. The van der Waals surface area contributed by atoms with Gasteiger partial charge >= 0.3 is 0 Å². The summed E-state index contributed by atoms with van der Waals surface area (Å²) in [6.07, 6.45) is 3.52. The lowest BCUT2D eigenvalue weighted by Gasteiger charge is -2.37. The van der Waals surface area contributed by atoms with Gasteiger partial charge in [-0.05, 0) is 37.6 Å². The molecule has 0 bridgehead atoms. The van der Waals surface area contributed by atoms with Crippen LogP contribution in [-0.2, 0) is 6.42 Å². The van der Waals surface area contributed by atoms with Gasteiger partial charge in [-0.25, -0.2) is 0 Å². The van der Waals surface area contributed by atoms with Gasteiger partial charge in [0.05, 0.1) is 0 Å². The zero-order valence-electron chi connectivity index (χ0n) is 12.1. The van der Waals surface area contributed by atoms with Gasteiger partial charge < -0.3 is 10.6 Å². The highest BCUT2D eigenvalue weighted by molar-refractivity contribution is 5.54. The summed E-state index contributed by atoms with van der Waals surface area (Å²) in [4.78, 5) is 5.08. The van der Waals surface area contributed by atoms with Crippen LogP contribution in [0.1, 0.15) is 25.3 Å². The molecule has 3 heteroatoms. The van der Waals surface area contributed by atoms with Crippen LogP contribution in [0.4, 0.5) is 5.69 Å². The molecule has 0 saturated carbocycles. The Balaban J connectivity index is 1.93. The maximum absolute atomic E-state index is 5.58. The minimum atomic E-state index is 0.805. The molecule has 106 valence electrons. The van der Waals surface area contributed by atoms with Crippen LogP contribution < -0.4 is 10.6 Å². The van der Waals surface area contributed by atoms with Crippen LogP contribution in [-0.4, -0.2) is 44.2 Å². The first-order chi connectivity index (χ1) is 9.35. The summed E-state index contributed by atoms with van der Waals surface area (Å²) < 4.78 is 0. The third kappa shape index (κ3) is 3.95. The van der Waals surface area contributed by atoms with Crippen molar-refractivity contribution in [2.24, 2.45) is 5.73 Å². The average molecular weight is 261 g/mol. The number of hydrogen-bond acceptors (Lipinski definition) is 3. The molecular formula is C16H27N3. The normalized spacial score (nSPS) is 16.8. The Labute approximate surface area is 117 Å². The predicted molar refractivity (Wildman–Crippen MR) is 82.8 cm³/mol. The summed E-state index contributed by atoms with van der Waals surface area (Å²) in [5.74, 6) is 0. The smallest absolute Gasteiger partial charge is 0.0399 e. The van der Waals surface area contributed by atoms with E-state index in [0.29, 0.717) is 0 Å². The van der Waals surface area contributed by atoms with E-state index in [-0.39, 0.29) is 0 Å². The van der Waals surface area contributed by atoms with E-state index < -0.39 is 0 Å². The number of rotatable bonds is 6. The second-order valence-electron chi connectivity index (χ2n) is 5.35. The number of anilines is 1. The summed E-state index contributed by atoms with van der Waals surface area (Å²) in [5.41, 5.74) is 8.53. The molecule has 1 fully saturated rings. The summed E-state index contributed by atoms with van der Waals surface area (Å²) >= 11 is 0. The maximum atomic E-state index is 5.58. The van der Waals surface area contributed by atoms with Crippen molar-refractivity contribution in [2.75, 3.05) is 44.2 Å². The van der Waals surface area contributed by atoms with Gasteiger partial charge in [-0.3, -0.25) is 4.90 Å². The highest BCUT2D eigenvalue weighted by Gasteiger charge is 2.18. The van der Waals surface area contributed by atoms with Crippen molar-refractivity contribution in [3.8, 4) is 0 Å². The van der Waals surface area contributed by atoms with E-state index in [0.717, 1.165) is 32.6 Å². The Morgan fingerprint density at radius 1 is 1.11 bits per heavy atom. The van der Waals surface area contributed by atoms with E-state index in [4.69, 9.17) is 5.73 Å². The molecule has 0 spiro atoms. The first-order valence-electron chi connectivity index (χ1n) is 7.60. The summed E-state index contributed by atoms with van der Waals surface area (Å²) in [7, 11) is 0. The van der Waals surface area contributed by atoms with E-state index in [2.05, 4.69) is 41.0 Å². The Morgan fingerprint density at radius 2 is 1.84 bits per heavy atom. The van der Waals surface area contributed by atoms with Crippen molar-refractivity contribution in [1.82, 2.24) is 4.90 Å². The third-order valence-corrected chi connectivity index (χ3v) is 3.90. The quantitative estimate of drug-likeness (QED) is 0.851. The number of hydrogen-bond donors (Lipinski definition) is 1. The molecular weight excluding hydrogens is 234 g/mol. The van der Waals surface area contributed by atoms with Crippen LogP contribution in [0, 0.1) is 0 Å². The number of para-hydroxylation sites is 1. The van der Waals surface area contributed by atoms with Crippen LogP contribution in [0.25, 0.3) is 0 Å². The fourth-order valence-electron chi connectivity index (χ4n) is 2.83. The molecule has 1 aromatic carbocycles. The lowest BCUT2D eigenvalue weighted by molar-refractivity contribution is 0.256. The van der Waals surface area contributed by atoms with Gasteiger partial charge in [0.1, 0.15) is 0 Å². The number of nitrogens with two attached hydrogens (primary N) is 1. The van der Waals surface area contributed by atoms with Gasteiger partial charge in [-0.2, -0.15) is 0 Å². The average Bonchev–Trinajstić information content (AvgIpc) is 2.47. The zero-order chi connectivity index (χ0) is 13.5. The van der Waals surface area contributed by atoms with Crippen LogP contribution in [0.15, 0.2) is 24.3 Å². The molecule has 2 N–H and O–H groups in total. The molecule has 0 atom stereocenters. The largest absolute Gasteiger partial charge is 0.369 e. The SMILES string of the molecule is CCCc1ccccc1N1CCN(CCCN)CC1. The molecule has 1 aliphatic rings. The molecule has 0 unspecified atom stereocenters. The highest BCUT2D eigenvalue weighted by Crippen LogP contribution is 2.23. The minimum absolute atomic E-state index is 0.805. The van der Waals surface area contributed by atoms with Gasteiger partial charge in [0.15, 0.2) is 0 Å². The van der Waals surface area contributed by atoms with Crippen molar-refractivity contribution >= 4 is 5.69 Å². The van der Waals surface area contributed by atoms with Crippen molar-refractivity contribution in [1.29, 1.82) is 0 Å². The topological polar surface area (TPSA) is 32.5 Å². The summed E-state index contributed by atoms with van der Waals surface area (Å²) in [6, 6.07) is 8.88. The van der Waals surface area contributed by atoms with E-state index in [1.807, 2.05) is 0 Å². The summed E-state index contributed by atoms with van der Waals surface area (Å²) in [5, 5.41) is 0. The lowest BCUT2D eigenvalue weighted by atomic mass is 10.1. The van der Waals surface area contributed by atoms with Gasteiger partial charge in [-0.15, -0.1) is 0 Å². The molecule has 0 radical (unpaired) electrons. The first kappa shape index (κ1) is 14.4.